The zero-order valence-corrected chi connectivity index (χ0v) is 14.8. The number of halogens is 3. The van der Waals surface area contributed by atoms with Crippen molar-refractivity contribution >= 4 is 17.6 Å². The van der Waals surface area contributed by atoms with E-state index >= 15 is 0 Å². The Balaban J connectivity index is 1.66. The molecule has 1 heterocycles. The van der Waals surface area contributed by atoms with Gasteiger partial charge in [-0.3, -0.25) is 4.52 Å². The molecule has 0 aliphatic carbocycles. The molecule has 0 spiro atoms. The molecule has 0 aliphatic rings. The van der Waals surface area contributed by atoms with Gasteiger partial charge >= 0.3 is 12.1 Å². The molecule has 6 nitrogen and oxygen atoms in total. The normalized spacial score (nSPS) is 13.4. The van der Waals surface area contributed by atoms with Gasteiger partial charge < -0.3 is 10.4 Å². The van der Waals surface area contributed by atoms with Gasteiger partial charge in [0.2, 0.25) is 5.27 Å². The van der Waals surface area contributed by atoms with Gasteiger partial charge in [-0.25, -0.2) is 4.99 Å². The third kappa shape index (κ3) is 5.09. The minimum Gasteiger partial charge on any atom is -0.846 e. The molecule has 0 saturated carbocycles. The topological polar surface area (TPSA) is 77.4 Å². The lowest BCUT2D eigenvalue weighted by Gasteiger charge is -2.14. The van der Waals surface area contributed by atoms with E-state index in [2.05, 4.69) is 15.6 Å². The Morgan fingerprint density at radius 3 is 2.68 bits per heavy atom. The molecule has 1 N–H and O–H groups in total. The number of anilines is 1. The molecule has 146 valence electrons. The van der Waals surface area contributed by atoms with Gasteiger partial charge in [0.05, 0.1) is 11.6 Å². The highest BCUT2D eigenvalue weighted by atomic mass is 19.4. The van der Waals surface area contributed by atoms with Crippen molar-refractivity contribution in [2.75, 3.05) is 5.32 Å². The summed E-state index contributed by atoms with van der Waals surface area (Å²) in [5.41, 5.74) is 0.241. The van der Waals surface area contributed by atoms with Crippen LogP contribution in [0.4, 0.5) is 24.7 Å². The zero-order chi connectivity index (χ0) is 20.1. The van der Waals surface area contributed by atoms with Gasteiger partial charge in [-0.15, -0.1) is 0 Å². The van der Waals surface area contributed by atoms with Gasteiger partial charge in [-0.05, 0) is 28.4 Å². The molecule has 1 atom stereocenters. The first-order valence-corrected chi connectivity index (χ1v) is 8.42. The van der Waals surface area contributed by atoms with Gasteiger partial charge in [-0.2, -0.15) is 13.2 Å². The van der Waals surface area contributed by atoms with E-state index < -0.39 is 17.8 Å². The maximum absolute atomic E-state index is 12.7. The molecule has 28 heavy (non-hydrogen) atoms. The average Bonchev–Trinajstić information content (AvgIpc) is 3.08. The van der Waals surface area contributed by atoms with Crippen LogP contribution in [-0.4, -0.2) is 11.3 Å². The number of aromatic nitrogens is 2. The van der Waals surface area contributed by atoms with E-state index in [-0.39, 0.29) is 17.5 Å². The molecule has 0 radical (unpaired) electrons. The number of hydrogen-bond acceptors (Lipinski definition) is 4. The van der Waals surface area contributed by atoms with Crippen molar-refractivity contribution in [2.24, 2.45) is 4.99 Å². The molecule has 0 amide bonds. The summed E-state index contributed by atoms with van der Waals surface area (Å²) in [6.07, 6.45) is -3.05. The average molecular weight is 390 g/mol. The Hall–Kier alpha value is -3.36. The summed E-state index contributed by atoms with van der Waals surface area (Å²) in [7, 11) is 0. The van der Waals surface area contributed by atoms with Crippen LogP contribution in [-0.2, 0) is 12.7 Å². The SMILES string of the molecule is CC(C[n+]1cc(N=C([O-])Nc2cccc(C(F)(F)F)c2)on1)c1ccccc1. The lowest BCUT2D eigenvalue weighted by atomic mass is 10.0. The lowest BCUT2D eigenvalue weighted by Crippen LogP contribution is -2.37. The van der Waals surface area contributed by atoms with Gasteiger partial charge in [0.1, 0.15) is 0 Å². The second-order valence-corrected chi connectivity index (χ2v) is 6.19. The van der Waals surface area contributed by atoms with E-state index in [9.17, 15) is 18.3 Å². The van der Waals surface area contributed by atoms with E-state index in [1.54, 1.807) is 0 Å². The van der Waals surface area contributed by atoms with Crippen molar-refractivity contribution in [1.82, 2.24) is 5.27 Å². The van der Waals surface area contributed by atoms with Crippen LogP contribution in [0.3, 0.4) is 0 Å². The smallest absolute Gasteiger partial charge is 0.416 e. The third-order valence-electron chi connectivity index (χ3n) is 3.98. The highest BCUT2D eigenvalue weighted by Crippen LogP contribution is 2.30. The maximum Gasteiger partial charge on any atom is 0.416 e. The van der Waals surface area contributed by atoms with Crippen LogP contribution in [0, 0.1) is 0 Å². The Labute approximate surface area is 158 Å². The lowest BCUT2D eigenvalue weighted by molar-refractivity contribution is -0.764. The number of benzene rings is 2. The molecule has 2 aromatic carbocycles. The molecule has 0 fully saturated rings. The number of nitrogens with zero attached hydrogens (tertiary/aromatic N) is 3. The van der Waals surface area contributed by atoms with Crippen LogP contribution in [0.2, 0.25) is 0 Å². The quantitative estimate of drug-likeness (QED) is 0.412. The highest BCUT2D eigenvalue weighted by Gasteiger charge is 2.30. The van der Waals surface area contributed by atoms with Crippen LogP contribution in [0.1, 0.15) is 24.0 Å². The minimum absolute atomic E-state index is 0.0198. The first kappa shape index (κ1) is 19.4. The number of nitrogens with one attached hydrogen (secondary N) is 1. The first-order valence-electron chi connectivity index (χ1n) is 8.42. The maximum atomic E-state index is 12.7. The minimum atomic E-state index is -4.50. The monoisotopic (exact) mass is 390 g/mol. The number of rotatable bonds is 5. The van der Waals surface area contributed by atoms with Crippen LogP contribution >= 0.6 is 0 Å². The van der Waals surface area contributed by atoms with Crippen molar-refractivity contribution < 1.29 is 27.5 Å². The summed E-state index contributed by atoms with van der Waals surface area (Å²) in [6, 6.07) is 13.2. The van der Waals surface area contributed by atoms with Crippen LogP contribution in [0.15, 0.2) is 70.3 Å². The Morgan fingerprint density at radius 2 is 1.96 bits per heavy atom. The molecular formula is C19H17F3N4O2. The molecule has 1 unspecified atom stereocenters. The first-order chi connectivity index (χ1) is 13.3. The summed E-state index contributed by atoms with van der Waals surface area (Å²) in [6.45, 7) is 2.53. The van der Waals surface area contributed by atoms with E-state index in [0.29, 0.717) is 6.54 Å². The number of hydrogen-bond donors (Lipinski definition) is 1. The van der Waals surface area contributed by atoms with Gasteiger partial charge in [0.25, 0.3) is 6.20 Å². The van der Waals surface area contributed by atoms with Crippen molar-refractivity contribution in [1.29, 1.82) is 0 Å². The highest BCUT2D eigenvalue weighted by molar-refractivity contribution is 5.87. The van der Waals surface area contributed by atoms with Crippen LogP contribution in [0.5, 0.6) is 0 Å². The summed E-state index contributed by atoms with van der Waals surface area (Å²) >= 11 is 0. The van der Waals surface area contributed by atoms with Gasteiger partial charge in [-0.1, -0.05) is 43.3 Å². The van der Waals surface area contributed by atoms with Crippen molar-refractivity contribution in [3.63, 3.8) is 0 Å². The molecule has 1 aromatic heterocycles. The van der Waals surface area contributed by atoms with Crippen LogP contribution < -0.4 is 15.1 Å². The fraction of sp³-hybridized carbons (Fsp3) is 0.211. The summed E-state index contributed by atoms with van der Waals surface area (Å²) < 4.78 is 44.7. The van der Waals surface area contributed by atoms with Crippen molar-refractivity contribution in [3.8, 4) is 0 Å². The summed E-state index contributed by atoms with van der Waals surface area (Å²) in [4.78, 5) is 3.67. The number of alkyl halides is 3. The third-order valence-corrected chi connectivity index (χ3v) is 3.98. The Morgan fingerprint density at radius 1 is 1.21 bits per heavy atom. The van der Waals surface area contributed by atoms with Crippen molar-refractivity contribution in [3.05, 3.63) is 71.9 Å². The van der Waals surface area contributed by atoms with E-state index in [0.717, 1.165) is 17.7 Å². The van der Waals surface area contributed by atoms with Crippen LogP contribution in [0.25, 0.3) is 0 Å². The number of aliphatic imine (C=N–C) groups is 1. The van der Waals surface area contributed by atoms with E-state index in [1.165, 1.54) is 23.0 Å². The molecular weight excluding hydrogens is 373 g/mol. The summed E-state index contributed by atoms with van der Waals surface area (Å²) in [5.74, 6) is 0.104. The fourth-order valence-electron chi connectivity index (χ4n) is 2.60. The largest absolute Gasteiger partial charge is 0.846 e. The second-order valence-electron chi connectivity index (χ2n) is 6.19. The Kier molecular flexibility index (Phi) is 5.62. The predicted octanol–water partition coefficient (Wildman–Crippen LogP) is 3.24. The van der Waals surface area contributed by atoms with E-state index in [4.69, 9.17) is 4.52 Å². The van der Waals surface area contributed by atoms with Gasteiger partial charge in [0.15, 0.2) is 6.54 Å². The molecule has 0 bridgehead atoms. The predicted molar refractivity (Wildman–Crippen MR) is 93.7 cm³/mol. The second kappa shape index (κ2) is 8.12. The molecule has 0 aliphatic heterocycles. The molecule has 9 heteroatoms. The standard InChI is InChI=1S/C19H17F3N4O2/c1-13(14-6-3-2-4-7-14)11-26-12-17(28-25-26)24-18(27)23-16-9-5-8-15(10-16)19(20,21)22/h2-10,12-13H,11H2,1H3,(H-,23,24,25,27). The summed E-state index contributed by atoms with van der Waals surface area (Å²) in [5, 5.41) is 18.0. The number of amidine groups is 1. The Bertz CT molecular complexity index is 955. The van der Waals surface area contributed by atoms with Crippen molar-refractivity contribution in [2.45, 2.75) is 25.6 Å². The zero-order valence-electron chi connectivity index (χ0n) is 14.8. The molecule has 0 saturated heterocycles. The van der Waals surface area contributed by atoms with Gasteiger partial charge in [0, 0.05) is 11.6 Å². The molecule has 3 aromatic rings. The molecule has 3 rings (SSSR count). The fourth-order valence-corrected chi connectivity index (χ4v) is 2.60. The van der Waals surface area contributed by atoms with E-state index in [1.807, 2.05) is 37.3 Å².